The molecule has 0 unspecified atom stereocenters. The first-order valence-corrected chi connectivity index (χ1v) is 9.20. The van der Waals surface area contributed by atoms with Crippen LogP contribution in [0.5, 0.6) is 5.75 Å². The fraction of sp³-hybridized carbons (Fsp3) is 0.278. The number of carbonyl (C=O) groups excluding carboxylic acids is 1. The molecule has 0 aliphatic rings. The van der Waals surface area contributed by atoms with Crippen LogP contribution in [0.1, 0.15) is 24.2 Å². The van der Waals surface area contributed by atoms with Crippen molar-refractivity contribution in [3.8, 4) is 5.75 Å². The molecule has 0 heterocycles. The average molecular weight is 315 g/mol. The van der Waals surface area contributed by atoms with E-state index < -0.39 is 0 Å². The molecule has 2 aromatic rings. The fourth-order valence-electron chi connectivity index (χ4n) is 2.35. The molecular formula is C18H22NO2P. The minimum Gasteiger partial charge on any atom is -0.497 e. The summed E-state index contributed by atoms with van der Waals surface area (Å²) in [7, 11) is 1.38. The second-order valence-electron chi connectivity index (χ2n) is 4.88. The zero-order valence-electron chi connectivity index (χ0n) is 13.3. The second kappa shape index (κ2) is 7.95. The maximum Gasteiger partial charge on any atom is 0.255 e. The third-order valence-corrected chi connectivity index (χ3v) is 6.17. The normalized spacial score (nSPS) is 10.5. The Bertz CT molecular complexity index is 624. The molecule has 1 amide bonds. The van der Waals surface area contributed by atoms with E-state index in [4.69, 9.17) is 4.74 Å². The SMILES string of the molecule is CCP(CC)c1cc(OC)ccc1NC(=O)c1ccccc1. The van der Waals surface area contributed by atoms with Gasteiger partial charge in [-0.3, -0.25) is 4.79 Å². The predicted octanol–water partition coefficient (Wildman–Crippen LogP) is 4.09. The van der Waals surface area contributed by atoms with E-state index in [1.54, 1.807) is 7.11 Å². The van der Waals surface area contributed by atoms with Crippen LogP contribution in [0.4, 0.5) is 5.69 Å². The zero-order chi connectivity index (χ0) is 15.9. The van der Waals surface area contributed by atoms with Crippen molar-refractivity contribution in [2.45, 2.75) is 13.8 Å². The summed E-state index contributed by atoms with van der Waals surface area (Å²) in [6, 6.07) is 15.2. The molecule has 0 aliphatic carbocycles. The highest BCUT2D eigenvalue weighted by Gasteiger charge is 2.15. The van der Waals surface area contributed by atoms with Gasteiger partial charge in [0.25, 0.3) is 5.91 Å². The van der Waals surface area contributed by atoms with Gasteiger partial charge in [0.05, 0.1) is 7.11 Å². The van der Waals surface area contributed by atoms with Crippen molar-refractivity contribution in [2.24, 2.45) is 0 Å². The van der Waals surface area contributed by atoms with Gasteiger partial charge >= 0.3 is 0 Å². The molecule has 0 aromatic heterocycles. The maximum atomic E-state index is 12.4. The number of nitrogens with one attached hydrogen (secondary N) is 1. The van der Waals surface area contributed by atoms with Crippen molar-refractivity contribution in [2.75, 3.05) is 24.8 Å². The lowest BCUT2D eigenvalue weighted by atomic mass is 10.2. The number of methoxy groups -OCH3 is 1. The minimum atomic E-state index is -0.288. The summed E-state index contributed by atoms with van der Waals surface area (Å²) in [6.45, 7) is 4.38. The van der Waals surface area contributed by atoms with Gasteiger partial charge in [0.1, 0.15) is 5.75 Å². The Morgan fingerprint density at radius 1 is 1.09 bits per heavy atom. The van der Waals surface area contributed by atoms with E-state index in [0.29, 0.717) is 5.56 Å². The highest BCUT2D eigenvalue weighted by atomic mass is 31.1. The van der Waals surface area contributed by atoms with E-state index in [0.717, 1.165) is 23.8 Å². The van der Waals surface area contributed by atoms with Gasteiger partial charge in [-0.15, -0.1) is 0 Å². The molecule has 2 aromatic carbocycles. The summed E-state index contributed by atoms with van der Waals surface area (Å²) >= 11 is 0. The Hall–Kier alpha value is -1.86. The minimum absolute atomic E-state index is 0.0748. The molecule has 3 nitrogen and oxygen atoms in total. The Kier molecular flexibility index (Phi) is 5.97. The number of carbonyl (C=O) groups is 1. The summed E-state index contributed by atoms with van der Waals surface area (Å²) in [5.41, 5.74) is 1.56. The van der Waals surface area contributed by atoms with E-state index >= 15 is 0 Å². The molecule has 0 saturated heterocycles. The molecule has 2 rings (SSSR count). The van der Waals surface area contributed by atoms with Crippen LogP contribution < -0.4 is 15.4 Å². The number of anilines is 1. The first-order chi connectivity index (χ1) is 10.7. The Balaban J connectivity index is 2.31. The van der Waals surface area contributed by atoms with Crippen LogP contribution >= 0.6 is 7.92 Å². The number of benzene rings is 2. The quantitative estimate of drug-likeness (QED) is 0.815. The maximum absolute atomic E-state index is 12.4. The standard InChI is InChI=1S/C18H22NO2P/c1-4-22(5-2)17-13-15(21-3)11-12-16(17)19-18(20)14-9-7-6-8-10-14/h6-13H,4-5H2,1-3H3,(H,19,20). The molecule has 1 N–H and O–H groups in total. The van der Waals surface area contributed by atoms with Gasteiger partial charge in [-0.2, -0.15) is 0 Å². The first-order valence-electron chi connectivity index (χ1n) is 7.49. The Labute approximate surface area is 133 Å². The van der Waals surface area contributed by atoms with Gasteiger partial charge in [0.2, 0.25) is 0 Å². The van der Waals surface area contributed by atoms with Crippen LogP contribution in [0.15, 0.2) is 48.5 Å². The molecule has 0 fully saturated rings. The van der Waals surface area contributed by atoms with Gasteiger partial charge in [-0.25, -0.2) is 0 Å². The van der Waals surface area contributed by atoms with Gasteiger partial charge in [-0.1, -0.05) is 40.0 Å². The Morgan fingerprint density at radius 2 is 1.77 bits per heavy atom. The highest BCUT2D eigenvalue weighted by Crippen LogP contribution is 2.37. The van der Waals surface area contributed by atoms with E-state index in [1.807, 2.05) is 42.5 Å². The number of rotatable bonds is 6. The fourth-order valence-corrected chi connectivity index (χ4v) is 4.26. The molecule has 0 radical (unpaired) electrons. The lowest BCUT2D eigenvalue weighted by Crippen LogP contribution is -2.18. The van der Waals surface area contributed by atoms with Crippen molar-refractivity contribution >= 4 is 24.8 Å². The third-order valence-electron chi connectivity index (χ3n) is 3.59. The number of hydrogen-bond acceptors (Lipinski definition) is 2. The van der Waals surface area contributed by atoms with E-state index in [9.17, 15) is 4.79 Å². The molecule has 0 aliphatic heterocycles. The first kappa shape index (κ1) is 16.5. The monoisotopic (exact) mass is 315 g/mol. The highest BCUT2D eigenvalue weighted by molar-refractivity contribution is 7.65. The van der Waals surface area contributed by atoms with Gasteiger partial charge in [0.15, 0.2) is 0 Å². The molecule has 0 spiro atoms. The van der Waals surface area contributed by atoms with Crippen LogP contribution in [-0.2, 0) is 0 Å². The topological polar surface area (TPSA) is 38.3 Å². The molecule has 0 bridgehead atoms. The van der Waals surface area contributed by atoms with Crippen LogP contribution in [0.3, 0.4) is 0 Å². The Morgan fingerprint density at radius 3 is 2.36 bits per heavy atom. The van der Waals surface area contributed by atoms with Crippen LogP contribution in [0, 0.1) is 0 Å². The molecule has 116 valence electrons. The van der Waals surface area contributed by atoms with E-state index in [-0.39, 0.29) is 13.8 Å². The van der Waals surface area contributed by atoms with E-state index in [1.165, 1.54) is 5.30 Å². The van der Waals surface area contributed by atoms with Gasteiger partial charge in [-0.05, 0) is 42.7 Å². The van der Waals surface area contributed by atoms with Crippen molar-refractivity contribution in [1.29, 1.82) is 0 Å². The molecule has 4 heteroatoms. The summed E-state index contributed by atoms with van der Waals surface area (Å²) in [5, 5.41) is 4.25. The molecule has 0 saturated carbocycles. The predicted molar refractivity (Wildman–Crippen MR) is 95.0 cm³/mol. The molecular weight excluding hydrogens is 293 g/mol. The van der Waals surface area contributed by atoms with E-state index in [2.05, 4.69) is 25.2 Å². The van der Waals surface area contributed by atoms with Crippen LogP contribution in [0.2, 0.25) is 0 Å². The number of hydrogen-bond donors (Lipinski definition) is 1. The summed E-state index contributed by atoms with van der Waals surface area (Å²) < 4.78 is 5.34. The van der Waals surface area contributed by atoms with Gasteiger partial charge < -0.3 is 10.1 Å². The van der Waals surface area contributed by atoms with Crippen molar-refractivity contribution in [3.05, 3.63) is 54.1 Å². The largest absolute Gasteiger partial charge is 0.497 e. The summed E-state index contributed by atoms with van der Waals surface area (Å²) in [5.74, 6) is 0.760. The van der Waals surface area contributed by atoms with Crippen molar-refractivity contribution < 1.29 is 9.53 Å². The van der Waals surface area contributed by atoms with Crippen molar-refractivity contribution in [1.82, 2.24) is 0 Å². The molecule has 0 atom stereocenters. The van der Waals surface area contributed by atoms with Crippen LogP contribution in [-0.4, -0.2) is 25.3 Å². The summed E-state index contributed by atoms with van der Waals surface area (Å²) in [4.78, 5) is 12.4. The smallest absolute Gasteiger partial charge is 0.255 e. The third kappa shape index (κ3) is 3.86. The molecule has 22 heavy (non-hydrogen) atoms. The van der Waals surface area contributed by atoms with Crippen LogP contribution in [0.25, 0.3) is 0 Å². The number of amides is 1. The zero-order valence-corrected chi connectivity index (χ0v) is 14.2. The number of ether oxygens (including phenoxy) is 1. The second-order valence-corrected chi connectivity index (χ2v) is 7.70. The average Bonchev–Trinajstić information content (AvgIpc) is 2.58. The lowest BCUT2D eigenvalue weighted by molar-refractivity contribution is 0.102. The lowest BCUT2D eigenvalue weighted by Gasteiger charge is -2.19. The van der Waals surface area contributed by atoms with Crippen molar-refractivity contribution in [3.63, 3.8) is 0 Å². The summed E-state index contributed by atoms with van der Waals surface area (Å²) in [6.07, 6.45) is 2.18. The van der Waals surface area contributed by atoms with Gasteiger partial charge in [0, 0.05) is 16.6 Å².